The fraction of sp³-hybridized carbons (Fsp3) is 0.333. The Bertz CT molecular complexity index is 261. The van der Waals surface area contributed by atoms with Crippen LogP contribution in [0.3, 0.4) is 0 Å². The molecule has 0 aliphatic rings. The normalized spacial score (nSPS) is 13.3. The third-order valence-electron chi connectivity index (χ3n) is 1.77. The van der Waals surface area contributed by atoms with E-state index in [9.17, 15) is 8.78 Å². The first-order valence-corrected chi connectivity index (χ1v) is 5.05. The van der Waals surface area contributed by atoms with E-state index in [2.05, 4.69) is 0 Å². The summed E-state index contributed by atoms with van der Waals surface area (Å²) in [7, 11) is 0. The van der Waals surface area contributed by atoms with Crippen molar-refractivity contribution >= 4 is 11.8 Å². The van der Waals surface area contributed by atoms with Gasteiger partial charge in [-0.2, -0.15) is 0 Å². The lowest BCUT2D eigenvalue weighted by molar-refractivity contribution is 0.116. The van der Waals surface area contributed by atoms with Gasteiger partial charge in [-0.15, -0.1) is 11.8 Å². The van der Waals surface area contributed by atoms with Gasteiger partial charge in [0, 0.05) is 4.90 Å². The lowest BCUT2D eigenvalue weighted by atomic mass is 10.1. The van der Waals surface area contributed by atoms with E-state index in [-0.39, 0.29) is 0 Å². The maximum Gasteiger partial charge on any atom is 0.257 e. The van der Waals surface area contributed by atoms with Gasteiger partial charge in [0.2, 0.25) is 0 Å². The highest BCUT2D eigenvalue weighted by Gasteiger charge is 2.16. The number of thioether (sulfide) groups is 1. The highest BCUT2D eigenvalue weighted by molar-refractivity contribution is 7.98. The second-order valence-electron chi connectivity index (χ2n) is 2.63. The second-order valence-corrected chi connectivity index (χ2v) is 3.51. The Morgan fingerprint density at radius 1 is 1.23 bits per heavy atom. The van der Waals surface area contributed by atoms with Gasteiger partial charge in [0.1, 0.15) is 0 Å². The van der Waals surface area contributed by atoms with Crippen molar-refractivity contribution in [3.63, 3.8) is 0 Å². The lowest BCUT2D eigenvalue weighted by Gasteiger charge is -2.10. The van der Waals surface area contributed by atoms with Crippen LogP contribution in [0.5, 0.6) is 0 Å². The number of rotatable bonds is 3. The Labute approximate surface area is 80.3 Å². The average Bonchev–Trinajstić information content (AvgIpc) is 2.17. The van der Waals surface area contributed by atoms with Gasteiger partial charge in [0.15, 0.2) is 0 Å². The summed E-state index contributed by atoms with van der Waals surface area (Å²) in [5, 5.41) is 0. The summed E-state index contributed by atoms with van der Waals surface area (Å²) in [5.41, 5.74) is 5.75. The molecule has 13 heavy (non-hydrogen) atoms. The molecular weight excluding hydrogens is 192 g/mol. The smallest absolute Gasteiger partial charge is 0.257 e. The fourth-order valence-electron chi connectivity index (χ4n) is 0.972. The zero-order valence-electron chi connectivity index (χ0n) is 7.21. The van der Waals surface area contributed by atoms with Crippen molar-refractivity contribution in [1.29, 1.82) is 0 Å². The number of benzene rings is 1. The van der Waals surface area contributed by atoms with Crippen LogP contribution in [0.1, 0.15) is 11.6 Å². The molecule has 0 amide bonds. The molecule has 0 radical (unpaired) electrons. The highest BCUT2D eigenvalue weighted by atomic mass is 32.2. The Kier molecular flexibility index (Phi) is 3.69. The van der Waals surface area contributed by atoms with E-state index in [0.717, 1.165) is 4.90 Å². The molecule has 1 rings (SSSR count). The van der Waals surface area contributed by atoms with Crippen molar-refractivity contribution in [1.82, 2.24) is 0 Å². The van der Waals surface area contributed by atoms with E-state index < -0.39 is 12.5 Å². The molecule has 0 unspecified atom stereocenters. The average molecular weight is 203 g/mol. The number of halogens is 2. The third-order valence-corrected chi connectivity index (χ3v) is 2.52. The summed E-state index contributed by atoms with van der Waals surface area (Å²) in [6.45, 7) is 0. The predicted molar refractivity (Wildman–Crippen MR) is 51.2 cm³/mol. The molecule has 0 aliphatic carbocycles. The molecule has 4 heteroatoms. The Morgan fingerprint density at radius 2 is 1.77 bits per heavy atom. The molecule has 0 aromatic heterocycles. The van der Waals surface area contributed by atoms with E-state index in [1.165, 1.54) is 0 Å². The van der Waals surface area contributed by atoms with E-state index >= 15 is 0 Å². The standard InChI is InChI=1S/C9H11F2NS/c1-13-7-4-2-6(3-5-7)8(12)9(10)11/h2-5,8-9H,12H2,1H3/t8-/m1/s1. The second kappa shape index (κ2) is 4.58. The molecule has 0 bridgehead atoms. The van der Waals surface area contributed by atoms with Crippen LogP contribution >= 0.6 is 11.8 Å². The highest BCUT2D eigenvalue weighted by Crippen LogP contribution is 2.21. The van der Waals surface area contributed by atoms with Crippen molar-refractivity contribution in [2.24, 2.45) is 5.73 Å². The van der Waals surface area contributed by atoms with Crippen LogP contribution < -0.4 is 5.73 Å². The van der Waals surface area contributed by atoms with Crippen LogP contribution in [-0.4, -0.2) is 12.7 Å². The number of nitrogens with two attached hydrogens (primary N) is 1. The number of hydrogen-bond acceptors (Lipinski definition) is 2. The van der Waals surface area contributed by atoms with E-state index in [4.69, 9.17) is 5.73 Å². The van der Waals surface area contributed by atoms with Crippen LogP contribution in [0.25, 0.3) is 0 Å². The molecule has 0 spiro atoms. The molecule has 1 aromatic rings. The summed E-state index contributed by atoms with van der Waals surface area (Å²) >= 11 is 1.57. The summed E-state index contributed by atoms with van der Waals surface area (Å²) in [6, 6.07) is 5.70. The van der Waals surface area contributed by atoms with Gasteiger partial charge < -0.3 is 5.73 Å². The van der Waals surface area contributed by atoms with Gasteiger partial charge in [0.25, 0.3) is 6.43 Å². The summed E-state index contributed by atoms with van der Waals surface area (Å²) < 4.78 is 24.3. The summed E-state index contributed by atoms with van der Waals surface area (Å²) in [6.07, 6.45) is -0.567. The molecular formula is C9H11F2NS. The third kappa shape index (κ3) is 2.67. The van der Waals surface area contributed by atoms with Crippen LogP contribution in [-0.2, 0) is 0 Å². The van der Waals surface area contributed by atoms with Gasteiger partial charge in [0.05, 0.1) is 6.04 Å². The van der Waals surface area contributed by atoms with Crippen molar-refractivity contribution in [3.05, 3.63) is 29.8 Å². The van der Waals surface area contributed by atoms with Crippen molar-refractivity contribution in [2.45, 2.75) is 17.4 Å². The quantitative estimate of drug-likeness (QED) is 0.764. The number of alkyl halides is 2. The van der Waals surface area contributed by atoms with Gasteiger partial charge in [-0.25, -0.2) is 8.78 Å². The lowest BCUT2D eigenvalue weighted by Crippen LogP contribution is -2.18. The van der Waals surface area contributed by atoms with Gasteiger partial charge in [-0.3, -0.25) is 0 Å². The Morgan fingerprint density at radius 3 is 2.15 bits per heavy atom. The SMILES string of the molecule is CSc1ccc([C@@H](N)C(F)F)cc1. The Hall–Kier alpha value is -0.610. The molecule has 0 aliphatic heterocycles. The van der Waals surface area contributed by atoms with Gasteiger partial charge in [-0.1, -0.05) is 12.1 Å². The molecule has 1 aromatic carbocycles. The first-order chi connectivity index (χ1) is 6.15. The first kappa shape index (κ1) is 10.5. The van der Waals surface area contributed by atoms with E-state index in [0.29, 0.717) is 5.56 Å². The molecule has 1 atom stereocenters. The summed E-state index contributed by atoms with van der Waals surface area (Å²) in [4.78, 5) is 1.05. The van der Waals surface area contributed by atoms with Gasteiger partial charge in [-0.05, 0) is 24.0 Å². The predicted octanol–water partition coefficient (Wildman–Crippen LogP) is 2.67. The maximum atomic E-state index is 12.2. The van der Waals surface area contributed by atoms with Gasteiger partial charge >= 0.3 is 0 Å². The fourth-order valence-corrected chi connectivity index (χ4v) is 1.38. The maximum absolute atomic E-state index is 12.2. The molecule has 1 nitrogen and oxygen atoms in total. The van der Waals surface area contributed by atoms with Crippen molar-refractivity contribution < 1.29 is 8.78 Å². The molecule has 0 fully saturated rings. The van der Waals surface area contributed by atoms with Crippen molar-refractivity contribution in [2.75, 3.05) is 6.26 Å². The monoisotopic (exact) mass is 203 g/mol. The van der Waals surface area contributed by atoms with Crippen LogP contribution in [0.4, 0.5) is 8.78 Å². The molecule has 0 heterocycles. The molecule has 0 saturated carbocycles. The zero-order chi connectivity index (χ0) is 9.84. The van der Waals surface area contributed by atoms with E-state index in [1.807, 2.05) is 6.26 Å². The largest absolute Gasteiger partial charge is 0.319 e. The van der Waals surface area contributed by atoms with Crippen molar-refractivity contribution in [3.8, 4) is 0 Å². The first-order valence-electron chi connectivity index (χ1n) is 3.83. The molecule has 72 valence electrons. The minimum atomic E-state index is -2.50. The minimum Gasteiger partial charge on any atom is -0.319 e. The van der Waals surface area contributed by atoms with Crippen LogP contribution in [0, 0.1) is 0 Å². The molecule has 2 N–H and O–H groups in total. The van der Waals surface area contributed by atoms with E-state index in [1.54, 1.807) is 36.0 Å². The number of hydrogen-bond donors (Lipinski definition) is 1. The minimum absolute atomic E-state index is 0.479. The Balaban J connectivity index is 2.79. The molecule has 0 saturated heterocycles. The van der Waals surface area contributed by atoms with Crippen LogP contribution in [0.15, 0.2) is 29.2 Å². The zero-order valence-corrected chi connectivity index (χ0v) is 8.02. The topological polar surface area (TPSA) is 26.0 Å². The van der Waals surface area contributed by atoms with Crippen LogP contribution in [0.2, 0.25) is 0 Å². The summed E-state index contributed by atoms with van der Waals surface area (Å²) in [5.74, 6) is 0.